The maximum absolute atomic E-state index is 6.61. The fraction of sp³-hybridized carbons (Fsp3) is 0. The Balaban J connectivity index is 1.11. The van der Waals surface area contributed by atoms with Crippen LogP contribution in [-0.4, -0.2) is 0 Å². The van der Waals surface area contributed by atoms with Crippen LogP contribution in [0.15, 0.2) is 217 Å². The first-order valence-electron chi connectivity index (χ1n) is 19.9. The van der Waals surface area contributed by atoms with E-state index in [1.165, 1.54) is 59.8 Å². The predicted molar refractivity (Wildman–Crippen MR) is 247 cm³/mol. The second-order valence-corrected chi connectivity index (χ2v) is 15.2. The minimum atomic E-state index is 0.901. The van der Waals surface area contributed by atoms with Gasteiger partial charge in [-0.15, -0.1) is 0 Å². The van der Waals surface area contributed by atoms with E-state index in [-0.39, 0.29) is 0 Å². The van der Waals surface area contributed by atoms with Crippen LogP contribution in [0.5, 0.6) is 0 Å². The van der Waals surface area contributed by atoms with Crippen LogP contribution < -0.4 is 4.90 Å². The number of rotatable bonds is 5. The van der Waals surface area contributed by atoms with Gasteiger partial charge in [0.1, 0.15) is 11.2 Å². The minimum Gasteiger partial charge on any atom is -0.455 e. The van der Waals surface area contributed by atoms with Crippen LogP contribution in [0.1, 0.15) is 0 Å². The molecule has 0 aliphatic heterocycles. The molecule has 0 fully saturated rings. The maximum atomic E-state index is 6.61. The monoisotopic (exact) mass is 737 g/mol. The molecule has 2 heteroatoms. The Kier molecular flexibility index (Phi) is 7.26. The Hall–Kier alpha value is -7.68. The zero-order chi connectivity index (χ0) is 38.2. The number of fused-ring (bicyclic) bond motifs is 11. The highest BCUT2D eigenvalue weighted by atomic mass is 16.3. The molecule has 0 N–H and O–H groups in total. The third-order valence-corrected chi connectivity index (χ3v) is 12.0. The first-order valence-corrected chi connectivity index (χ1v) is 19.9. The lowest BCUT2D eigenvalue weighted by atomic mass is 9.91. The van der Waals surface area contributed by atoms with Crippen molar-refractivity contribution in [3.05, 3.63) is 212 Å². The lowest BCUT2D eigenvalue weighted by Gasteiger charge is -2.29. The molecule has 0 saturated heterocycles. The summed E-state index contributed by atoms with van der Waals surface area (Å²) < 4.78 is 6.61. The molecule has 0 atom stereocenters. The molecule has 1 aromatic heterocycles. The summed E-state index contributed by atoms with van der Waals surface area (Å²) in [6.07, 6.45) is 0. The highest BCUT2D eigenvalue weighted by Crippen LogP contribution is 2.47. The van der Waals surface area contributed by atoms with E-state index in [2.05, 4.69) is 211 Å². The van der Waals surface area contributed by atoms with Gasteiger partial charge in [-0.3, -0.25) is 0 Å². The number of nitrogens with zero attached hydrogens (tertiary/aromatic N) is 1. The van der Waals surface area contributed by atoms with Crippen LogP contribution in [0.4, 0.5) is 17.1 Å². The molecule has 0 bridgehead atoms. The van der Waals surface area contributed by atoms with Crippen LogP contribution in [0.3, 0.4) is 0 Å². The van der Waals surface area contributed by atoms with E-state index < -0.39 is 0 Å². The second-order valence-electron chi connectivity index (χ2n) is 15.2. The summed E-state index contributed by atoms with van der Waals surface area (Å²) in [7, 11) is 0. The SMILES string of the molecule is c1ccc(N(c2ccc(-c3cc4ccccc4c4ccccc34)cc2)c2cccc3c2ccc2c4ccccc4oc32)c(-c2cc3ccccc3c3ccccc23)c1. The Morgan fingerprint density at radius 2 is 0.793 bits per heavy atom. The van der Waals surface area contributed by atoms with Crippen molar-refractivity contribution in [3.63, 3.8) is 0 Å². The molecule has 270 valence electrons. The molecule has 12 aromatic rings. The van der Waals surface area contributed by atoms with Gasteiger partial charge in [0.25, 0.3) is 0 Å². The fourth-order valence-electron chi connectivity index (χ4n) is 9.38. The molecule has 11 aromatic carbocycles. The van der Waals surface area contributed by atoms with Gasteiger partial charge >= 0.3 is 0 Å². The Morgan fingerprint density at radius 1 is 0.293 bits per heavy atom. The standard InChI is InChI=1S/C56H35NO/c1-3-16-40-37(14-1)34-51(44-20-7-5-18-42(40)44)36-28-30-39(31-29-36)57(54-26-13-24-49-47(54)32-33-50-48-23-10-12-27-55(48)58-56(49)50)53-25-11-9-22-46(53)52-35-38-15-2-4-17-41(38)43-19-6-8-21-45(43)52/h1-35H. The summed E-state index contributed by atoms with van der Waals surface area (Å²) in [4.78, 5) is 2.44. The first kappa shape index (κ1) is 32.6. The maximum Gasteiger partial charge on any atom is 0.143 e. The average Bonchev–Trinajstić information content (AvgIpc) is 3.69. The predicted octanol–water partition coefficient (Wildman–Crippen LogP) is 16.2. The van der Waals surface area contributed by atoms with Crippen molar-refractivity contribution in [3.8, 4) is 22.3 Å². The fourth-order valence-corrected chi connectivity index (χ4v) is 9.38. The van der Waals surface area contributed by atoms with Gasteiger partial charge in [-0.2, -0.15) is 0 Å². The van der Waals surface area contributed by atoms with E-state index in [4.69, 9.17) is 4.42 Å². The molecule has 0 amide bonds. The largest absolute Gasteiger partial charge is 0.455 e. The summed E-state index contributed by atoms with van der Waals surface area (Å²) in [5, 5.41) is 14.5. The normalized spacial score (nSPS) is 11.8. The van der Waals surface area contributed by atoms with Crippen LogP contribution in [0, 0.1) is 0 Å². The highest BCUT2D eigenvalue weighted by molar-refractivity contribution is 6.19. The van der Waals surface area contributed by atoms with Gasteiger partial charge in [0, 0.05) is 32.8 Å². The van der Waals surface area contributed by atoms with E-state index in [0.29, 0.717) is 0 Å². The molecular weight excluding hydrogens is 703 g/mol. The first-order chi connectivity index (χ1) is 28.8. The molecule has 0 aliphatic carbocycles. The number of hydrogen-bond donors (Lipinski definition) is 0. The van der Waals surface area contributed by atoms with Crippen molar-refractivity contribution in [2.24, 2.45) is 0 Å². The molecule has 1 heterocycles. The molecule has 0 saturated carbocycles. The zero-order valence-corrected chi connectivity index (χ0v) is 31.6. The third-order valence-electron chi connectivity index (χ3n) is 12.0. The van der Waals surface area contributed by atoms with Gasteiger partial charge in [0.15, 0.2) is 0 Å². The lowest BCUT2D eigenvalue weighted by Crippen LogP contribution is -2.12. The van der Waals surface area contributed by atoms with Gasteiger partial charge < -0.3 is 9.32 Å². The van der Waals surface area contributed by atoms with Crippen LogP contribution in [0.25, 0.3) is 98.1 Å². The van der Waals surface area contributed by atoms with Crippen molar-refractivity contribution in [2.75, 3.05) is 4.90 Å². The van der Waals surface area contributed by atoms with Crippen molar-refractivity contribution in [2.45, 2.75) is 0 Å². The van der Waals surface area contributed by atoms with Gasteiger partial charge in [-0.1, -0.05) is 164 Å². The quantitative estimate of drug-likeness (QED) is 0.164. The summed E-state index contributed by atoms with van der Waals surface area (Å²) in [5.74, 6) is 0. The van der Waals surface area contributed by atoms with Crippen LogP contribution in [-0.2, 0) is 0 Å². The Bertz CT molecular complexity index is 3580. The molecule has 0 aliphatic rings. The molecule has 0 spiro atoms. The summed E-state index contributed by atoms with van der Waals surface area (Å²) in [6.45, 7) is 0. The number of hydrogen-bond acceptors (Lipinski definition) is 2. The number of para-hydroxylation sites is 2. The van der Waals surface area contributed by atoms with Crippen molar-refractivity contribution in [1.29, 1.82) is 0 Å². The molecule has 0 radical (unpaired) electrons. The van der Waals surface area contributed by atoms with Gasteiger partial charge in [0.05, 0.1) is 11.4 Å². The molecule has 2 nitrogen and oxygen atoms in total. The van der Waals surface area contributed by atoms with Crippen LogP contribution >= 0.6 is 0 Å². The summed E-state index contributed by atoms with van der Waals surface area (Å²) in [5.41, 5.74) is 9.85. The van der Waals surface area contributed by atoms with Gasteiger partial charge in [0.2, 0.25) is 0 Å². The molecule has 58 heavy (non-hydrogen) atoms. The van der Waals surface area contributed by atoms with E-state index in [0.717, 1.165) is 55.3 Å². The van der Waals surface area contributed by atoms with Crippen molar-refractivity contribution >= 4 is 92.9 Å². The molecular formula is C56H35NO. The summed E-state index contributed by atoms with van der Waals surface area (Å²) in [6, 6.07) is 77.1. The van der Waals surface area contributed by atoms with E-state index in [1.807, 2.05) is 6.07 Å². The molecule has 12 rings (SSSR count). The Morgan fingerprint density at radius 3 is 1.52 bits per heavy atom. The zero-order valence-electron chi connectivity index (χ0n) is 31.6. The highest BCUT2D eigenvalue weighted by Gasteiger charge is 2.22. The molecule has 0 unspecified atom stereocenters. The van der Waals surface area contributed by atoms with E-state index in [9.17, 15) is 0 Å². The average molecular weight is 738 g/mol. The second kappa shape index (κ2) is 12.9. The summed E-state index contributed by atoms with van der Waals surface area (Å²) >= 11 is 0. The third kappa shape index (κ3) is 4.99. The van der Waals surface area contributed by atoms with Crippen molar-refractivity contribution in [1.82, 2.24) is 0 Å². The topological polar surface area (TPSA) is 16.4 Å². The smallest absolute Gasteiger partial charge is 0.143 e. The Labute approximate surface area is 335 Å². The number of anilines is 3. The lowest BCUT2D eigenvalue weighted by molar-refractivity contribution is 0.672. The van der Waals surface area contributed by atoms with Crippen molar-refractivity contribution < 1.29 is 4.42 Å². The number of benzene rings is 11. The van der Waals surface area contributed by atoms with Crippen LogP contribution in [0.2, 0.25) is 0 Å². The number of furan rings is 1. The van der Waals surface area contributed by atoms with E-state index in [1.54, 1.807) is 0 Å². The van der Waals surface area contributed by atoms with Gasteiger partial charge in [-0.05, 0) is 108 Å². The van der Waals surface area contributed by atoms with E-state index >= 15 is 0 Å². The van der Waals surface area contributed by atoms with Gasteiger partial charge in [-0.25, -0.2) is 0 Å². The minimum absolute atomic E-state index is 0.901.